The van der Waals surface area contributed by atoms with E-state index in [-0.39, 0.29) is 70.8 Å². The molecule has 0 spiro atoms. The van der Waals surface area contributed by atoms with E-state index in [4.69, 9.17) is 4.74 Å². The molecule has 0 aliphatic heterocycles. The number of aliphatic hydroxyl groups excluding tert-OH is 1. The van der Waals surface area contributed by atoms with Gasteiger partial charge in [0.05, 0.1) is 24.5 Å². The van der Waals surface area contributed by atoms with Gasteiger partial charge in [-0.1, -0.05) is 84.4 Å². The third kappa shape index (κ3) is 6.78. The number of ether oxygens (including phenoxy) is 1. The molecular weight excluding hydrogens is 705 g/mol. The molecule has 0 bridgehead atoms. The van der Waals surface area contributed by atoms with Crippen LogP contribution in [0.3, 0.4) is 0 Å². The Bertz CT molecular complexity index is 1730. The van der Waals surface area contributed by atoms with E-state index in [2.05, 4.69) is 53.8 Å². The fourth-order valence-corrected chi connectivity index (χ4v) is 13.6. The van der Waals surface area contributed by atoms with E-state index >= 15 is 0 Å². The number of aliphatic carboxylic acids is 1. The van der Waals surface area contributed by atoms with Crippen molar-refractivity contribution in [3.05, 3.63) is 47.0 Å². The number of allylic oxidation sites excluding steroid dienone is 1. The standard InChI is InChI=1S/C47H70N2O7/c1-29(2)39-32(50)24-47(35(51)28-49(37(52)26-48-10)27-30-14-12-11-13-15-30)23-22-45(8)31(40(39)47)16-17-34-44(7)20-19-36(56-38(53)25-42(3,4)41(54)55)43(5,6)33(44)18-21-46(34,45)9/h11-15,29,31,33-36,48,51H,16-28H2,1-10H3,(H,54,55)/t31-,33+,34-,35+,36+,44+,45-,46-,47+/m1/s1. The van der Waals surface area contributed by atoms with Gasteiger partial charge in [0.15, 0.2) is 5.78 Å². The Morgan fingerprint density at radius 1 is 0.929 bits per heavy atom. The number of carbonyl (C=O) groups excluding carboxylic acids is 3. The van der Waals surface area contributed by atoms with Gasteiger partial charge in [-0.2, -0.15) is 0 Å². The third-order valence-corrected chi connectivity index (χ3v) is 16.8. The molecule has 0 unspecified atom stereocenters. The van der Waals surface area contributed by atoms with Crippen LogP contribution in [0.25, 0.3) is 0 Å². The number of nitrogens with zero attached hydrogens (tertiary/aromatic N) is 1. The first kappa shape index (κ1) is 42.6. The van der Waals surface area contributed by atoms with Crippen LogP contribution < -0.4 is 5.32 Å². The van der Waals surface area contributed by atoms with Crippen LogP contribution in [0, 0.1) is 56.2 Å². The van der Waals surface area contributed by atoms with Gasteiger partial charge in [0, 0.05) is 30.3 Å². The van der Waals surface area contributed by atoms with Crippen molar-refractivity contribution in [2.75, 3.05) is 20.1 Å². The molecule has 9 atom stereocenters. The normalized spacial score (nSPS) is 35.5. The second kappa shape index (κ2) is 15.0. The molecule has 0 aromatic heterocycles. The number of carboxylic acids is 1. The number of rotatable bonds is 12. The summed E-state index contributed by atoms with van der Waals surface area (Å²) in [7, 11) is 1.76. The van der Waals surface area contributed by atoms with Crippen LogP contribution in [0.15, 0.2) is 41.5 Å². The zero-order valence-corrected chi connectivity index (χ0v) is 35.9. The van der Waals surface area contributed by atoms with Gasteiger partial charge in [-0.15, -0.1) is 0 Å². The quantitative estimate of drug-likeness (QED) is 0.182. The number of Topliss-reactive ketones (excluding diaryl/α,β-unsaturated/α-hetero) is 1. The zero-order chi connectivity index (χ0) is 41.2. The fraction of sp³-hybridized carbons (Fsp3) is 0.745. The van der Waals surface area contributed by atoms with E-state index in [9.17, 15) is 29.4 Å². The number of likely N-dealkylation sites (N-methyl/N-ethyl adjacent to an activating group) is 1. The predicted molar refractivity (Wildman–Crippen MR) is 217 cm³/mol. The summed E-state index contributed by atoms with van der Waals surface area (Å²) in [6.07, 6.45) is 6.40. The van der Waals surface area contributed by atoms with Crippen LogP contribution in [0.2, 0.25) is 0 Å². The van der Waals surface area contributed by atoms with E-state index in [1.807, 2.05) is 30.3 Å². The average Bonchev–Trinajstić information content (AvgIpc) is 3.43. The minimum absolute atomic E-state index is 0.00772. The first-order valence-corrected chi connectivity index (χ1v) is 21.4. The number of carboxylic acid groups (broad SMARTS) is 1. The summed E-state index contributed by atoms with van der Waals surface area (Å²) in [5.41, 5.74) is 0.904. The summed E-state index contributed by atoms with van der Waals surface area (Å²) in [5, 5.41) is 25.2. The van der Waals surface area contributed by atoms with Crippen LogP contribution in [0.5, 0.6) is 0 Å². The van der Waals surface area contributed by atoms with Gasteiger partial charge < -0.3 is 25.2 Å². The molecule has 9 nitrogen and oxygen atoms in total. The monoisotopic (exact) mass is 775 g/mol. The van der Waals surface area contributed by atoms with E-state index in [0.717, 1.165) is 62.5 Å². The molecule has 5 aliphatic carbocycles. The van der Waals surface area contributed by atoms with E-state index in [1.165, 1.54) is 5.57 Å². The van der Waals surface area contributed by atoms with Gasteiger partial charge in [0.2, 0.25) is 5.91 Å². The lowest BCUT2D eigenvalue weighted by Crippen LogP contribution is -2.66. The van der Waals surface area contributed by atoms with Gasteiger partial charge in [-0.3, -0.25) is 19.2 Å². The van der Waals surface area contributed by atoms with Crippen LogP contribution in [0.4, 0.5) is 0 Å². The number of ketones is 1. The number of nitrogens with one attached hydrogen (secondary N) is 1. The SMILES string of the molecule is CNCC(=O)N(Cc1ccccc1)C[C@H](O)[C@@]12CC[C@]3(C)[C@H](CC[C@@H]4[C@@]5(C)CC[C@H](OC(=O)CC(C)(C)C(=O)O)C(C)(C)[C@@H]5CC[C@]43C)C1=C(C(C)C)C(=O)C2. The summed E-state index contributed by atoms with van der Waals surface area (Å²) < 4.78 is 6.18. The molecular formula is C47H70N2O7. The highest BCUT2D eigenvalue weighted by molar-refractivity contribution is 6.00. The zero-order valence-electron chi connectivity index (χ0n) is 35.9. The summed E-state index contributed by atoms with van der Waals surface area (Å²) in [5.74, 6) is -0.363. The third-order valence-electron chi connectivity index (χ3n) is 16.8. The van der Waals surface area contributed by atoms with E-state index in [1.54, 1.807) is 25.8 Å². The minimum Gasteiger partial charge on any atom is -0.481 e. The molecule has 6 rings (SSSR count). The van der Waals surface area contributed by atoms with Gasteiger partial charge in [0.1, 0.15) is 6.10 Å². The number of hydrogen-bond donors (Lipinski definition) is 3. The van der Waals surface area contributed by atoms with Crippen molar-refractivity contribution in [1.82, 2.24) is 10.2 Å². The smallest absolute Gasteiger partial charge is 0.309 e. The van der Waals surface area contributed by atoms with Crippen molar-refractivity contribution in [3.8, 4) is 0 Å². The molecule has 4 saturated carbocycles. The van der Waals surface area contributed by atoms with Gasteiger partial charge in [-0.05, 0) is 123 Å². The first-order chi connectivity index (χ1) is 26.1. The van der Waals surface area contributed by atoms with Gasteiger partial charge in [0.25, 0.3) is 0 Å². The van der Waals surface area contributed by atoms with Crippen LogP contribution in [-0.4, -0.2) is 71.1 Å². The number of fused-ring (bicyclic) bond motifs is 7. The second-order valence-electron chi connectivity index (χ2n) is 20.9. The number of carbonyl (C=O) groups is 4. The lowest BCUT2D eigenvalue weighted by Gasteiger charge is -2.72. The molecule has 3 N–H and O–H groups in total. The molecule has 0 saturated heterocycles. The minimum atomic E-state index is -1.18. The molecule has 5 aliphatic rings. The number of benzene rings is 1. The lowest BCUT2D eigenvalue weighted by molar-refractivity contribution is -0.235. The average molecular weight is 775 g/mol. The summed E-state index contributed by atoms with van der Waals surface area (Å²) in [6.45, 7) is 20.2. The fourth-order valence-electron chi connectivity index (χ4n) is 13.6. The molecule has 0 heterocycles. The highest BCUT2D eigenvalue weighted by atomic mass is 16.5. The molecule has 1 aromatic rings. The Kier molecular flexibility index (Phi) is 11.4. The largest absolute Gasteiger partial charge is 0.481 e. The number of esters is 1. The topological polar surface area (TPSA) is 133 Å². The molecule has 0 radical (unpaired) electrons. The Labute approximate surface area is 335 Å². The molecule has 1 aromatic carbocycles. The predicted octanol–water partition coefficient (Wildman–Crippen LogP) is 7.99. The van der Waals surface area contributed by atoms with Crippen LogP contribution >= 0.6 is 0 Å². The summed E-state index contributed by atoms with van der Waals surface area (Å²) in [6, 6.07) is 9.92. The molecule has 1 amide bonds. The number of amides is 1. The summed E-state index contributed by atoms with van der Waals surface area (Å²) >= 11 is 0. The first-order valence-electron chi connectivity index (χ1n) is 21.4. The lowest BCUT2D eigenvalue weighted by atomic mass is 9.33. The highest BCUT2D eigenvalue weighted by Gasteiger charge is 2.71. The maximum atomic E-state index is 14.2. The molecule has 56 heavy (non-hydrogen) atoms. The Morgan fingerprint density at radius 3 is 2.23 bits per heavy atom. The number of hydrogen-bond acceptors (Lipinski definition) is 7. The maximum Gasteiger partial charge on any atom is 0.309 e. The van der Waals surface area contributed by atoms with Crippen molar-refractivity contribution >= 4 is 23.6 Å². The van der Waals surface area contributed by atoms with Crippen molar-refractivity contribution in [3.63, 3.8) is 0 Å². The van der Waals surface area contributed by atoms with Crippen molar-refractivity contribution in [2.45, 2.75) is 145 Å². The van der Waals surface area contributed by atoms with Gasteiger partial charge in [-0.25, -0.2) is 0 Å². The Morgan fingerprint density at radius 2 is 1.61 bits per heavy atom. The van der Waals surface area contributed by atoms with Crippen LogP contribution in [-0.2, 0) is 30.5 Å². The van der Waals surface area contributed by atoms with E-state index in [0.29, 0.717) is 24.8 Å². The summed E-state index contributed by atoms with van der Waals surface area (Å²) in [4.78, 5) is 54.5. The van der Waals surface area contributed by atoms with Gasteiger partial charge >= 0.3 is 11.9 Å². The van der Waals surface area contributed by atoms with Crippen molar-refractivity contribution < 1.29 is 34.1 Å². The molecule has 4 fully saturated rings. The van der Waals surface area contributed by atoms with Crippen molar-refractivity contribution in [2.24, 2.45) is 56.2 Å². The highest BCUT2D eigenvalue weighted by Crippen LogP contribution is 2.77. The second-order valence-corrected chi connectivity index (χ2v) is 20.9. The Balaban J connectivity index is 1.30. The molecule has 9 heteroatoms. The maximum absolute atomic E-state index is 14.2. The number of aliphatic hydroxyl groups is 1. The van der Waals surface area contributed by atoms with Crippen molar-refractivity contribution in [1.29, 1.82) is 0 Å². The van der Waals surface area contributed by atoms with E-state index < -0.39 is 28.9 Å². The molecule has 310 valence electrons. The Hall–Kier alpha value is -3.04. The van der Waals surface area contributed by atoms with Crippen LogP contribution in [0.1, 0.15) is 132 Å².